The molecule has 1 aromatic carbocycles. The number of aromatic nitrogens is 1. The van der Waals surface area contributed by atoms with Crippen LogP contribution in [0.4, 0.5) is 5.69 Å². The van der Waals surface area contributed by atoms with Crippen LogP contribution in [-0.2, 0) is 6.54 Å². The highest BCUT2D eigenvalue weighted by Gasteiger charge is 2.12. The first-order valence-corrected chi connectivity index (χ1v) is 7.83. The summed E-state index contributed by atoms with van der Waals surface area (Å²) in [5, 5.41) is 5.99. The third-order valence-electron chi connectivity index (χ3n) is 3.36. The van der Waals surface area contributed by atoms with Crippen LogP contribution in [0.15, 0.2) is 65.4 Å². The highest BCUT2D eigenvalue weighted by molar-refractivity contribution is 6.30. The van der Waals surface area contributed by atoms with Crippen molar-refractivity contribution in [2.75, 3.05) is 5.32 Å². The van der Waals surface area contributed by atoms with E-state index in [-0.39, 0.29) is 18.1 Å². The van der Waals surface area contributed by atoms with Crippen LogP contribution in [0.1, 0.15) is 26.6 Å². The molecule has 2 aromatic heterocycles. The summed E-state index contributed by atoms with van der Waals surface area (Å²) < 4.78 is 5.16. The summed E-state index contributed by atoms with van der Waals surface area (Å²) in [5.41, 5.74) is 1.06. The second-order valence-electron chi connectivity index (χ2n) is 5.15. The second kappa shape index (κ2) is 7.63. The van der Waals surface area contributed by atoms with Gasteiger partial charge in [0.1, 0.15) is 11.5 Å². The maximum absolute atomic E-state index is 12.3. The van der Waals surface area contributed by atoms with Gasteiger partial charge >= 0.3 is 0 Å². The van der Waals surface area contributed by atoms with Crippen LogP contribution >= 0.6 is 11.6 Å². The molecule has 7 heteroatoms. The molecular weight excluding hydrogens is 342 g/mol. The van der Waals surface area contributed by atoms with E-state index in [1.165, 1.54) is 24.6 Å². The topological polar surface area (TPSA) is 84.2 Å². The number of carbonyl (C=O) groups excluding carboxylic acids is 2. The molecular formula is C18H14ClN3O3. The number of halogens is 1. The van der Waals surface area contributed by atoms with Crippen molar-refractivity contribution in [1.82, 2.24) is 10.3 Å². The van der Waals surface area contributed by atoms with Gasteiger partial charge in [-0.2, -0.15) is 0 Å². The molecule has 25 heavy (non-hydrogen) atoms. The van der Waals surface area contributed by atoms with E-state index in [9.17, 15) is 9.59 Å². The van der Waals surface area contributed by atoms with Gasteiger partial charge in [-0.05, 0) is 48.5 Å². The van der Waals surface area contributed by atoms with Crippen molar-refractivity contribution in [3.8, 4) is 0 Å². The predicted octanol–water partition coefficient (Wildman–Crippen LogP) is 3.51. The van der Waals surface area contributed by atoms with E-state index in [1.807, 2.05) is 0 Å². The number of anilines is 1. The molecule has 0 saturated heterocycles. The molecule has 3 aromatic rings. The first-order valence-electron chi connectivity index (χ1n) is 7.45. The fourth-order valence-corrected chi connectivity index (χ4v) is 2.23. The van der Waals surface area contributed by atoms with Crippen molar-refractivity contribution in [2.24, 2.45) is 0 Å². The first kappa shape index (κ1) is 16.7. The molecule has 2 amide bonds. The highest BCUT2D eigenvalue weighted by Crippen LogP contribution is 2.14. The Labute approximate surface area is 148 Å². The maximum Gasteiger partial charge on any atom is 0.274 e. The monoisotopic (exact) mass is 355 g/mol. The number of benzene rings is 1. The molecule has 126 valence electrons. The Hall–Kier alpha value is -3.12. The standard InChI is InChI=1S/C18H14ClN3O3/c19-13-3-5-14(6-4-13)22-18(24)16-10-12(7-8-20-16)17(23)21-11-15-2-1-9-25-15/h1-10H,11H2,(H,21,23)(H,22,24). The van der Waals surface area contributed by atoms with Gasteiger partial charge in [-0.15, -0.1) is 0 Å². The molecule has 2 heterocycles. The largest absolute Gasteiger partial charge is 0.467 e. The van der Waals surface area contributed by atoms with Crippen molar-refractivity contribution >= 4 is 29.1 Å². The van der Waals surface area contributed by atoms with Gasteiger partial charge in [0, 0.05) is 22.5 Å². The lowest BCUT2D eigenvalue weighted by molar-refractivity contribution is 0.0948. The zero-order valence-electron chi connectivity index (χ0n) is 13.0. The summed E-state index contributed by atoms with van der Waals surface area (Å²) in [4.78, 5) is 28.5. The average Bonchev–Trinajstić information content (AvgIpc) is 3.15. The van der Waals surface area contributed by atoms with E-state index >= 15 is 0 Å². The Morgan fingerprint density at radius 2 is 1.88 bits per heavy atom. The minimum absolute atomic E-state index is 0.139. The van der Waals surface area contributed by atoms with E-state index in [4.69, 9.17) is 16.0 Å². The molecule has 0 aliphatic carbocycles. The van der Waals surface area contributed by atoms with Crippen LogP contribution in [0.2, 0.25) is 5.02 Å². The van der Waals surface area contributed by atoms with Crippen molar-refractivity contribution in [1.29, 1.82) is 0 Å². The first-order chi connectivity index (χ1) is 12.1. The molecule has 0 aliphatic rings. The van der Waals surface area contributed by atoms with Gasteiger partial charge in [-0.1, -0.05) is 11.6 Å². The third-order valence-corrected chi connectivity index (χ3v) is 3.61. The van der Waals surface area contributed by atoms with Gasteiger partial charge < -0.3 is 15.1 Å². The van der Waals surface area contributed by atoms with Crippen molar-refractivity contribution in [3.05, 3.63) is 83.0 Å². The molecule has 0 aliphatic heterocycles. The summed E-state index contributed by atoms with van der Waals surface area (Å²) in [6, 6.07) is 13.2. The number of hydrogen-bond acceptors (Lipinski definition) is 4. The van der Waals surface area contributed by atoms with Crippen molar-refractivity contribution in [3.63, 3.8) is 0 Å². The van der Waals surface area contributed by atoms with E-state index in [0.29, 0.717) is 22.0 Å². The molecule has 0 unspecified atom stereocenters. The molecule has 0 spiro atoms. The molecule has 0 fully saturated rings. The summed E-state index contributed by atoms with van der Waals surface area (Å²) in [6.45, 7) is 0.264. The normalized spacial score (nSPS) is 10.3. The SMILES string of the molecule is O=C(NCc1ccco1)c1ccnc(C(=O)Nc2ccc(Cl)cc2)c1. The Balaban J connectivity index is 1.66. The fraction of sp³-hybridized carbons (Fsp3) is 0.0556. The molecule has 2 N–H and O–H groups in total. The summed E-state index contributed by atoms with van der Waals surface area (Å²) in [6.07, 6.45) is 2.95. The van der Waals surface area contributed by atoms with E-state index in [0.717, 1.165) is 0 Å². The van der Waals surface area contributed by atoms with Crippen LogP contribution in [0.25, 0.3) is 0 Å². The van der Waals surface area contributed by atoms with Gasteiger partial charge in [0.15, 0.2) is 0 Å². The molecule has 0 radical (unpaired) electrons. The van der Waals surface area contributed by atoms with Crippen LogP contribution in [0.3, 0.4) is 0 Å². The fourth-order valence-electron chi connectivity index (χ4n) is 2.11. The predicted molar refractivity (Wildman–Crippen MR) is 93.5 cm³/mol. The lowest BCUT2D eigenvalue weighted by Crippen LogP contribution is -2.23. The van der Waals surface area contributed by atoms with Gasteiger partial charge in [0.25, 0.3) is 11.8 Å². The third kappa shape index (κ3) is 4.45. The molecule has 6 nitrogen and oxygen atoms in total. The highest BCUT2D eigenvalue weighted by atomic mass is 35.5. The Morgan fingerprint density at radius 3 is 2.60 bits per heavy atom. The molecule has 0 bridgehead atoms. The van der Waals surface area contributed by atoms with E-state index in [2.05, 4.69) is 15.6 Å². The number of nitrogens with zero attached hydrogens (tertiary/aromatic N) is 1. The zero-order chi connectivity index (χ0) is 17.6. The number of pyridine rings is 1. The molecule has 0 saturated carbocycles. The van der Waals surface area contributed by atoms with Gasteiger partial charge in [-0.3, -0.25) is 14.6 Å². The van der Waals surface area contributed by atoms with E-state index in [1.54, 1.807) is 36.4 Å². The number of amides is 2. The summed E-state index contributed by atoms with van der Waals surface area (Å²) >= 11 is 5.81. The zero-order valence-corrected chi connectivity index (χ0v) is 13.8. The van der Waals surface area contributed by atoms with Crippen molar-refractivity contribution < 1.29 is 14.0 Å². The Kier molecular flexibility index (Phi) is 5.11. The minimum atomic E-state index is -0.414. The number of nitrogens with one attached hydrogen (secondary N) is 2. The lowest BCUT2D eigenvalue weighted by Gasteiger charge is -2.07. The quantitative estimate of drug-likeness (QED) is 0.733. The Morgan fingerprint density at radius 1 is 1.08 bits per heavy atom. The van der Waals surface area contributed by atoms with Gasteiger partial charge in [-0.25, -0.2) is 0 Å². The molecule has 0 atom stereocenters. The smallest absolute Gasteiger partial charge is 0.274 e. The number of furan rings is 1. The lowest BCUT2D eigenvalue weighted by atomic mass is 10.2. The number of rotatable bonds is 5. The average molecular weight is 356 g/mol. The minimum Gasteiger partial charge on any atom is -0.467 e. The van der Waals surface area contributed by atoms with Crippen molar-refractivity contribution in [2.45, 2.75) is 6.54 Å². The summed E-state index contributed by atoms with van der Waals surface area (Å²) in [5.74, 6) is -0.0922. The molecule has 3 rings (SSSR count). The van der Waals surface area contributed by atoms with Crippen LogP contribution < -0.4 is 10.6 Å². The van der Waals surface area contributed by atoms with E-state index < -0.39 is 5.91 Å². The summed E-state index contributed by atoms with van der Waals surface area (Å²) in [7, 11) is 0. The van der Waals surface area contributed by atoms with Crippen LogP contribution in [-0.4, -0.2) is 16.8 Å². The van der Waals surface area contributed by atoms with Gasteiger partial charge in [0.05, 0.1) is 12.8 Å². The number of carbonyl (C=O) groups is 2. The Bertz CT molecular complexity index is 877. The van der Waals surface area contributed by atoms with Crippen LogP contribution in [0, 0.1) is 0 Å². The second-order valence-corrected chi connectivity index (χ2v) is 5.59. The number of hydrogen-bond donors (Lipinski definition) is 2. The van der Waals surface area contributed by atoms with Crippen LogP contribution in [0.5, 0.6) is 0 Å². The van der Waals surface area contributed by atoms with Gasteiger partial charge in [0.2, 0.25) is 0 Å². The maximum atomic E-state index is 12.3.